The van der Waals surface area contributed by atoms with E-state index in [1.165, 1.54) is 19.1 Å². The molecule has 0 atom stereocenters. The van der Waals surface area contributed by atoms with Crippen molar-refractivity contribution in [3.8, 4) is 0 Å². The third-order valence-electron chi connectivity index (χ3n) is 3.05. The molecule has 2 aromatic rings. The van der Waals surface area contributed by atoms with Crippen molar-refractivity contribution in [3.05, 3.63) is 46.7 Å². The molecule has 0 fully saturated rings. The predicted molar refractivity (Wildman–Crippen MR) is 76.1 cm³/mol. The third kappa shape index (κ3) is 3.08. The van der Waals surface area contributed by atoms with Gasteiger partial charge in [0.25, 0.3) is 10.0 Å². The number of halogens is 1. The highest BCUT2D eigenvalue weighted by atomic mass is 32.2. The highest BCUT2D eigenvalue weighted by Gasteiger charge is 2.26. The Bertz CT molecular complexity index is 760. The minimum Gasteiger partial charge on any atom is -0.465 e. The van der Waals surface area contributed by atoms with E-state index < -0.39 is 22.4 Å². The fourth-order valence-corrected chi connectivity index (χ4v) is 3.73. The van der Waals surface area contributed by atoms with Crippen molar-refractivity contribution in [1.29, 1.82) is 0 Å². The summed E-state index contributed by atoms with van der Waals surface area (Å²) in [6, 6.07) is 3.90. The van der Waals surface area contributed by atoms with Gasteiger partial charge in [-0.3, -0.25) is 4.72 Å². The number of aryl methyl sites for hydroxylation is 3. The maximum Gasteiger partial charge on any atom is 0.265 e. The van der Waals surface area contributed by atoms with Gasteiger partial charge in [0.1, 0.15) is 22.2 Å². The van der Waals surface area contributed by atoms with E-state index in [1.807, 2.05) is 0 Å². The molecular formula is C14H16FNO4S. The molecule has 0 amide bonds. The molecule has 5 nitrogen and oxygen atoms in total. The van der Waals surface area contributed by atoms with Crippen molar-refractivity contribution in [2.75, 3.05) is 4.72 Å². The first-order valence-electron chi connectivity index (χ1n) is 6.24. The summed E-state index contributed by atoms with van der Waals surface area (Å²) in [4.78, 5) is -0.107. The average Bonchev–Trinajstić information content (AvgIpc) is 2.61. The Kier molecular flexibility index (Phi) is 4.06. The summed E-state index contributed by atoms with van der Waals surface area (Å²) in [7, 11) is -3.97. The zero-order chi connectivity index (χ0) is 15.8. The van der Waals surface area contributed by atoms with Crippen LogP contribution in [0.5, 0.6) is 0 Å². The highest BCUT2D eigenvalue weighted by Crippen LogP contribution is 2.28. The van der Waals surface area contributed by atoms with Crippen molar-refractivity contribution in [2.45, 2.75) is 32.3 Å². The number of rotatable bonds is 4. The molecule has 0 aliphatic rings. The molecule has 0 saturated heterocycles. The number of sulfonamides is 1. The first kappa shape index (κ1) is 15.5. The molecule has 21 heavy (non-hydrogen) atoms. The Morgan fingerprint density at radius 1 is 1.19 bits per heavy atom. The molecule has 114 valence electrons. The molecule has 0 bridgehead atoms. The molecule has 1 heterocycles. The van der Waals surface area contributed by atoms with Crippen LogP contribution in [0.1, 0.15) is 22.6 Å². The lowest BCUT2D eigenvalue weighted by Gasteiger charge is -2.09. The smallest absolute Gasteiger partial charge is 0.265 e. The zero-order valence-corrected chi connectivity index (χ0v) is 12.7. The van der Waals surface area contributed by atoms with Crippen molar-refractivity contribution < 1.29 is 22.3 Å². The summed E-state index contributed by atoms with van der Waals surface area (Å²) in [6.07, 6.45) is 0. The van der Waals surface area contributed by atoms with Crippen LogP contribution in [-0.4, -0.2) is 13.5 Å². The van der Waals surface area contributed by atoms with Crippen LogP contribution in [0, 0.1) is 26.6 Å². The second-order valence-electron chi connectivity index (χ2n) is 4.80. The maximum absolute atomic E-state index is 13.3. The second kappa shape index (κ2) is 5.50. The molecule has 2 N–H and O–H groups in total. The van der Waals surface area contributed by atoms with Gasteiger partial charge in [-0.15, -0.1) is 0 Å². The summed E-state index contributed by atoms with van der Waals surface area (Å²) in [5.41, 5.74) is 0.915. The third-order valence-corrected chi connectivity index (χ3v) is 4.62. The van der Waals surface area contributed by atoms with Gasteiger partial charge in [0, 0.05) is 5.56 Å². The van der Waals surface area contributed by atoms with Gasteiger partial charge in [0.2, 0.25) is 0 Å². The molecule has 1 aromatic heterocycles. The van der Waals surface area contributed by atoms with Crippen LogP contribution in [0.2, 0.25) is 0 Å². The number of aliphatic hydroxyl groups is 1. The van der Waals surface area contributed by atoms with E-state index in [4.69, 9.17) is 4.42 Å². The Morgan fingerprint density at radius 2 is 1.86 bits per heavy atom. The van der Waals surface area contributed by atoms with E-state index in [9.17, 15) is 17.9 Å². The molecule has 0 saturated carbocycles. The van der Waals surface area contributed by atoms with Gasteiger partial charge in [-0.05, 0) is 44.5 Å². The fourth-order valence-electron chi connectivity index (χ4n) is 2.25. The topological polar surface area (TPSA) is 79.5 Å². The quantitative estimate of drug-likeness (QED) is 0.909. The van der Waals surface area contributed by atoms with Gasteiger partial charge in [0.15, 0.2) is 0 Å². The standard InChI is InChI=1S/C14H16FNO4S/c1-8-4-11(15)6-12(5-8)16-21(18,19)14-10(3)20-9(2)13(14)7-17/h4-6,16-17H,7H2,1-3H3. The Hall–Kier alpha value is -1.86. The molecule has 0 aliphatic heterocycles. The van der Waals surface area contributed by atoms with Crippen molar-refractivity contribution in [3.63, 3.8) is 0 Å². The number of furan rings is 1. The number of aliphatic hydroxyl groups excluding tert-OH is 1. The van der Waals surface area contributed by atoms with Crippen LogP contribution in [-0.2, 0) is 16.6 Å². The first-order chi connectivity index (χ1) is 9.74. The monoisotopic (exact) mass is 313 g/mol. The Labute approximate surface area is 122 Å². The summed E-state index contributed by atoms with van der Waals surface area (Å²) >= 11 is 0. The number of anilines is 1. The van der Waals surface area contributed by atoms with Crippen LogP contribution < -0.4 is 4.72 Å². The summed E-state index contributed by atoms with van der Waals surface area (Å²) in [5.74, 6) is -0.0156. The van der Waals surface area contributed by atoms with Crippen LogP contribution in [0.4, 0.5) is 10.1 Å². The van der Waals surface area contributed by atoms with E-state index >= 15 is 0 Å². The normalized spacial score (nSPS) is 11.7. The number of benzene rings is 1. The van der Waals surface area contributed by atoms with Gasteiger partial charge >= 0.3 is 0 Å². The lowest BCUT2D eigenvalue weighted by Crippen LogP contribution is -2.15. The first-order valence-corrected chi connectivity index (χ1v) is 7.72. The molecular weight excluding hydrogens is 297 g/mol. The van der Waals surface area contributed by atoms with Crippen molar-refractivity contribution >= 4 is 15.7 Å². The molecule has 7 heteroatoms. The number of hydrogen-bond acceptors (Lipinski definition) is 4. The van der Waals surface area contributed by atoms with Gasteiger partial charge in [0.05, 0.1) is 12.3 Å². The fraction of sp³-hybridized carbons (Fsp3) is 0.286. The lowest BCUT2D eigenvalue weighted by molar-refractivity contribution is 0.276. The van der Waals surface area contributed by atoms with E-state index in [0.29, 0.717) is 11.3 Å². The molecule has 1 aromatic carbocycles. The molecule has 0 radical (unpaired) electrons. The van der Waals surface area contributed by atoms with E-state index in [2.05, 4.69) is 4.72 Å². The largest absolute Gasteiger partial charge is 0.465 e. The van der Waals surface area contributed by atoms with E-state index in [0.717, 1.165) is 6.07 Å². The van der Waals surface area contributed by atoms with E-state index in [1.54, 1.807) is 13.8 Å². The predicted octanol–water partition coefficient (Wildman–Crippen LogP) is 2.64. The van der Waals surface area contributed by atoms with Crippen LogP contribution in [0.3, 0.4) is 0 Å². The summed E-state index contributed by atoms with van der Waals surface area (Å²) in [5, 5.41) is 9.32. The Balaban J connectivity index is 2.48. The minimum absolute atomic E-state index is 0.107. The van der Waals surface area contributed by atoms with Gasteiger partial charge in [-0.25, -0.2) is 12.8 Å². The molecule has 2 rings (SSSR count). The van der Waals surface area contributed by atoms with Crippen LogP contribution >= 0.6 is 0 Å². The molecule has 0 spiro atoms. The maximum atomic E-state index is 13.3. The molecule has 0 unspecified atom stereocenters. The van der Waals surface area contributed by atoms with Crippen LogP contribution in [0.15, 0.2) is 27.5 Å². The molecule has 0 aliphatic carbocycles. The summed E-state index contributed by atoms with van der Waals surface area (Å²) < 4.78 is 45.8. The second-order valence-corrected chi connectivity index (χ2v) is 6.42. The highest BCUT2D eigenvalue weighted by molar-refractivity contribution is 7.92. The minimum atomic E-state index is -3.97. The summed E-state index contributed by atoms with van der Waals surface area (Å²) in [6.45, 7) is 4.27. The van der Waals surface area contributed by atoms with Crippen molar-refractivity contribution in [1.82, 2.24) is 0 Å². The Morgan fingerprint density at radius 3 is 2.43 bits per heavy atom. The van der Waals surface area contributed by atoms with Gasteiger partial charge < -0.3 is 9.52 Å². The van der Waals surface area contributed by atoms with Gasteiger partial charge in [-0.1, -0.05) is 0 Å². The van der Waals surface area contributed by atoms with E-state index in [-0.39, 0.29) is 21.9 Å². The van der Waals surface area contributed by atoms with Gasteiger partial charge in [-0.2, -0.15) is 0 Å². The number of nitrogens with one attached hydrogen (secondary N) is 1. The van der Waals surface area contributed by atoms with Crippen LogP contribution in [0.25, 0.3) is 0 Å². The van der Waals surface area contributed by atoms with Crippen molar-refractivity contribution in [2.24, 2.45) is 0 Å². The lowest BCUT2D eigenvalue weighted by atomic mass is 10.2. The average molecular weight is 313 g/mol. The SMILES string of the molecule is Cc1cc(F)cc(NS(=O)(=O)c2c(C)oc(C)c2CO)c1. The zero-order valence-electron chi connectivity index (χ0n) is 11.9. The number of hydrogen-bond donors (Lipinski definition) is 2.